The minimum Gasteiger partial charge on any atom is -0.0801 e. The van der Waals surface area contributed by atoms with E-state index in [9.17, 15) is 0 Å². The number of allylic oxidation sites excluding steroid dienone is 2. The molecular weight excluding hydrogens is 228 g/mol. The van der Waals surface area contributed by atoms with Crippen molar-refractivity contribution in [1.82, 2.24) is 0 Å². The molecule has 0 N–H and O–H groups in total. The van der Waals surface area contributed by atoms with E-state index in [0.29, 0.717) is 0 Å². The Labute approximate surface area is 114 Å². The van der Waals surface area contributed by atoms with Gasteiger partial charge in [0.15, 0.2) is 0 Å². The van der Waals surface area contributed by atoms with Gasteiger partial charge >= 0.3 is 0 Å². The number of hydrogen-bond acceptors (Lipinski definition) is 0. The molecule has 0 bridgehead atoms. The summed E-state index contributed by atoms with van der Waals surface area (Å²) in [6.07, 6.45) is 6.23. The van der Waals surface area contributed by atoms with E-state index >= 15 is 0 Å². The highest BCUT2D eigenvalue weighted by molar-refractivity contribution is 5.74. The van der Waals surface area contributed by atoms with Gasteiger partial charge in [-0.1, -0.05) is 60.7 Å². The molecule has 2 atom stereocenters. The first kappa shape index (κ1) is 11.0. The fourth-order valence-corrected chi connectivity index (χ4v) is 3.47. The van der Waals surface area contributed by atoms with E-state index in [4.69, 9.17) is 0 Å². The third-order valence-corrected chi connectivity index (χ3v) is 4.52. The second-order valence-electron chi connectivity index (χ2n) is 5.71. The maximum atomic E-state index is 2.48. The van der Waals surface area contributed by atoms with Crippen molar-refractivity contribution in [2.45, 2.75) is 25.2 Å². The van der Waals surface area contributed by atoms with E-state index < -0.39 is 0 Å². The van der Waals surface area contributed by atoms with E-state index in [1.54, 1.807) is 11.1 Å². The Bertz CT molecular complexity index is 621. The van der Waals surface area contributed by atoms with Crippen molar-refractivity contribution in [2.24, 2.45) is 5.92 Å². The monoisotopic (exact) mass is 246 g/mol. The van der Waals surface area contributed by atoms with Gasteiger partial charge in [0, 0.05) is 0 Å². The predicted octanol–water partition coefficient (Wildman–Crippen LogP) is 4.82. The second kappa shape index (κ2) is 4.38. The van der Waals surface area contributed by atoms with Gasteiger partial charge in [0.25, 0.3) is 0 Å². The Balaban J connectivity index is 1.64. The van der Waals surface area contributed by atoms with Gasteiger partial charge in [0.1, 0.15) is 0 Å². The van der Waals surface area contributed by atoms with Crippen LogP contribution in [-0.2, 0) is 6.42 Å². The average molecular weight is 246 g/mol. The Hall–Kier alpha value is -1.82. The highest BCUT2D eigenvalue weighted by Gasteiger charge is 2.41. The Morgan fingerprint density at radius 3 is 2.47 bits per heavy atom. The number of rotatable bonds is 2. The molecule has 2 aliphatic rings. The normalized spacial score (nSPS) is 24.5. The molecule has 0 heteroatoms. The molecule has 0 radical (unpaired) electrons. The van der Waals surface area contributed by atoms with Crippen LogP contribution in [0.4, 0.5) is 0 Å². The minimum atomic E-state index is 0.749. The second-order valence-corrected chi connectivity index (χ2v) is 5.71. The molecule has 0 aliphatic heterocycles. The SMILES string of the molecule is C1=C([C@@H]2C[C@H]2c2ccccc2)c2ccccc2CC1. The summed E-state index contributed by atoms with van der Waals surface area (Å²) in [5.41, 5.74) is 6.17. The van der Waals surface area contributed by atoms with Crippen LogP contribution in [0.1, 0.15) is 35.4 Å². The predicted molar refractivity (Wildman–Crippen MR) is 80.0 cm³/mol. The highest BCUT2D eigenvalue weighted by Crippen LogP contribution is 2.55. The van der Waals surface area contributed by atoms with E-state index in [1.807, 2.05) is 0 Å². The van der Waals surface area contributed by atoms with Crippen LogP contribution in [0.15, 0.2) is 60.7 Å². The third kappa shape index (κ3) is 1.92. The molecule has 0 saturated heterocycles. The van der Waals surface area contributed by atoms with Crippen LogP contribution in [0.3, 0.4) is 0 Å². The molecule has 0 spiro atoms. The van der Waals surface area contributed by atoms with Gasteiger partial charge in [0.05, 0.1) is 0 Å². The molecule has 1 saturated carbocycles. The maximum absolute atomic E-state index is 2.48. The van der Waals surface area contributed by atoms with Gasteiger partial charge in [-0.25, -0.2) is 0 Å². The van der Waals surface area contributed by atoms with Crippen molar-refractivity contribution in [2.75, 3.05) is 0 Å². The van der Waals surface area contributed by atoms with Crippen LogP contribution >= 0.6 is 0 Å². The summed E-state index contributed by atoms with van der Waals surface area (Å²) in [5, 5.41) is 0. The smallest absolute Gasteiger partial charge is 0.00840 e. The molecule has 2 aromatic rings. The molecular formula is C19H18. The molecule has 2 aliphatic carbocycles. The average Bonchev–Trinajstić information content (AvgIpc) is 3.28. The zero-order valence-electron chi connectivity index (χ0n) is 11.0. The molecule has 0 amide bonds. The van der Waals surface area contributed by atoms with Gasteiger partial charge < -0.3 is 0 Å². The van der Waals surface area contributed by atoms with Crippen LogP contribution < -0.4 is 0 Å². The highest BCUT2D eigenvalue weighted by atomic mass is 14.4. The Morgan fingerprint density at radius 1 is 0.789 bits per heavy atom. The quantitative estimate of drug-likeness (QED) is 0.712. The van der Waals surface area contributed by atoms with Crippen LogP contribution in [0.25, 0.3) is 5.57 Å². The summed E-state index contributed by atoms with van der Waals surface area (Å²) in [4.78, 5) is 0. The van der Waals surface area contributed by atoms with Crippen molar-refractivity contribution in [3.05, 3.63) is 77.4 Å². The van der Waals surface area contributed by atoms with E-state index in [1.165, 1.54) is 30.4 Å². The van der Waals surface area contributed by atoms with Crippen LogP contribution in [0.2, 0.25) is 0 Å². The lowest BCUT2D eigenvalue weighted by molar-refractivity contribution is 0.935. The molecule has 4 rings (SSSR count). The summed E-state index contributed by atoms with van der Waals surface area (Å²) in [5.74, 6) is 1.50. The van der Waals surface area contributed by atoms with Gasteiger partial charge in [-0.05, 0) is 53.4 Å². The Morgan fingerprint density at radius 2 is 1.58 bits per heavy atom. The van der Waals surface area contributed by atoms with Crippen molar-refractivity contribution in [1.29, 1.82) is 0 Å². The van der Waals surface area contributed by atoms with Gasteiger partial charge in [-0.15, -0.1) is 0 Å². The summed E-state index contributed by atoms with van der Waals surface area (Å²) >= 11 is 0. The molecule has 94 valence electrons. The largest absolute Gasteiger partial charge is 0.0801 e. The minimum absolute atomic E-state index is 0.749. The van der Waals surface area contributed by atoms with Crippen molar-refractivity contribution in [3.63, 3.8) is 0 Å². The number of aryl methyl sites for hydroxylation is 1. The summed E-state index contributed by atoms with van der Waals surface area (Å²) in [7, 11) is 0. The van der Waals surface area contributed by atoms with Crippen molar-refractivity contribution < 1.29 is 0 Å². The van der Waals surface area contributed by atoms with Crippen LogP contribution in [-0.4, -0.2) is 0 Å². The lowest BCUT2D eigenvalue weighted by Crippen LogP contribution is -2.01. The van der Waals surface area contributed by atoms with Crippen LogP contribution in [0, 0.1) is 5.92 Å². The fourth-order valence-electron chi connectivity index (χ4n) is 3.47. The molecule has 2 aromatic carbocycles. The van der Waals surface area contributed by atoms with Gasteiger partial charge in [0.2, 0.25) is 0 Å². The number of hydrogen-bond donors (Lipinski definition) is 0. The van der Waals surface area contributed by atoms with Gasteiger partial charge in [-0.3, -0.25) is 0 Å². The summed E-state index contributed by atoms with van der Waals surface area (Å²) < 4.78 is 0. The number of fused-ring (bicyclic) bond motifs is 1. The summed E-state index contributed by atoms with van der Waals surface area (Å²) in [6, 6.07) is 19.9. The molecule has 0 unspecified atom stereocenters. The topological polar surface area (TPSA) is 0 Å². The van der Waals surface area contributed by atoms with Crippen molar-refractivity contribution in [3.8, 4) is 0 Å². The standard InChI is InChI=1S/C19H18/c1-2-7-15(8-3-1)18-13-19(18)17-12-6-10-14-9-4-5-11-16(14)17/h1-5,7-9,11-12,18-19H,6,10,13H2/t18-,19-/m0/s1. The number of benzene rings is 2. The first-order valence-corrected chi connectivity index (χ1v) is 7.27. The molecule has 0 aromatic heterocycles. The molecule has 0 heterocycles. The molecule has 1 fully saturated rings. The zero-order valence-corrected chi connectivity index (χ0v) is 11.0. The van der Waals surface area contributed by atoms with Crippen molar-refractivity contribution >= 4 is 5.57 Å². The fraction of sp³-hybridized carbons (Fsp3) is 0.263. The van der Waals surface area contributed by atoms with Gasteiger partial charge in [-0.2, -0.15) is 0 Å². The van der Waals surface area contributed by atoms with Crippen LogP contribution in [0.5, 0.6) is 0 Å². The first-order chi connectivity index (χ1) is 9.43. The molecule has 19 heavy (non-hydrogen) atoms. The zero-order chi connectivity index (χ0) is 12.7. The third-order valence-electron chi connectivity index (χ3n) is 4.52. The maximum Gasteiger partial charge on any atom is -0.00840 e. The van der Waals surface area contributed by atoms with E-state index in [2.05, 4.69) is 60.7 Å². The lowest BCUT2D eigenvalue weighted by atomic mass is 9.87. The van der Waals surface area contributed by atoms with E-state index in [-0.39, 0.29) is 0 Å². The van der Waals surface area contributed by atoms with E-state index in [0.717, 1.165) is 11.8 Å². The first-order valence-electron chi connectivity index (χ1n) is 7.27. The summed E-state index contributed by atoms with van der Waals surface area (Å²) in [6.45, 7) is 0. The Kier molecular flexibility index (Phi) is 2.55. The molecule has 0 nitrogen and oxygen atoms in total. The lowest BCUT2D eigenvalue weighted by Gasteiger charge is -2.18.